The zero-order chi connectivity index (χ0) is 9.02. The van der Waals surface area contributed by atoms with E-state index in [9.17, 15) is 9.59 Å². The van der Waals surface area contributed by atoms with Crippen molar-refractivity contribution in [1.82, 2.24) is 0 Å². The van der Waals surface area contributed by atoms with Crippen LogP contribution in [0, 0.1) is 0 Å². The van der Waals surface area contributed by atoms with Crippen LogP contribution in [-0.2, 0) is 9.59 Å². The second-order valence-electron chi connectivity index (χ2n) is 1.95. The normalized spacial score (nSPS) is 15.5. The monoisotopic (exact) mass is 164 g/mol. The van der Waals surface area contributed by atoms with Gasteiger partial charge in [-0.15, -0.1) is 0 Å². The van der Waals surface area contributed by atoms with E-state index >= 15 is 0 Å². The van der Waals surface area contributed by atoms with E-state index in [-0.39, 0.29) is 0 Å². The molecule has 0 rings (SSSR count). The van der Waals surface area contributed by atoms with Crippen molar-refractivity contribution in [3.8, 4) is 0 Å². The largest absolute Gasteiger partial charge is 0.481 e. The van der Waals surface area contributed by atoms with Gasteiger partial charge in [0, 0.05) is 0 Å². The number of hydrogen-bond donors (Lipinski definition) is 4. The minimum atomic E-state index is -2.04. The third-order valence-electron chi connectivity index (χ3n) is 1.00. The van der Waals surface area contributed by atoms with Crippen molar-refractivity contribution in [2.24, 2.45) is 0 Å². The molecule has 6 nitrogen and oxygen atoms in total. The number of hydrogen-bond acceptors (Lipinski definition) is 4. The number of carbonyl (C=O) groups is 2. The second-order valence-corrected chi connectivity index (χ2v) is 1.95. The molecule has 0 amide bonds. The lowest BCUT2D eigenvalue weighted by molar-refractivity contribution is -0.155. The summed E-state index contributed by atoms with van der Waals surface area (Å²) in [5, 5.41) is 33.3. The molecule has 6 heteroatoms. The molecule has 0 unspecified atom stereocenters. The first-order valence-corrected chi connectivity index (χ1v) is 2.76. The minimum Gasteiger partial charge on any atom is -0.481 e. The van der Waals surface area contributed by atoms with E-state index in [1.165, 1.54) is 0 Å². The predicted octanol–water partition coefficient (Wildman–Crippen LogP) is -1.73. The van der Waals surface area contributed by atoms with Gasteiger partial charge >= 0.3 is 11.9 Å². The van der Waals surface area contributed by atoms with Crippen LogP contribution in [0.2, 0.25) is 0 Å². The molecule has 0 aromatic carbocycles. The average molecular weight is 164 g/mol. The lowest BCUT2D eigenvalue weighted by atomic mass is 10.1. The first-order valence-electron chi connectivity index (χ1n) is 2.76. The van der Waals surface area contributed by atoms with E-state index in [4.69, 9.17) is 20.4 Å². The molecule has 0 spiro atoms. The maximum Gasteiger partial charge on any atom is 0.335 e. The molecular formula is C5H8O6. The van der Waals surface area contributed by atoms with Crippen molar-refractivity contribution in [2.45, 2.75) is 18.6 Å². The van der Waals surface area contributed by atoms with Crippen molar-refractivity contribution < 1.29 is 30.0 Å². The van der Waals surface area contributed by atoms with Crippen LogP contribution in [0.3, 0.4) is 0 Å². The Morgan fingerprint density at radius 3 is 1.91 bits per heavy atom. The molecule has 0 saturated heterocycles. The van der Waals surface area contributed by atoms with Gasteiger partial charge < -0.3 is 20.4 Å². The van der Waals surface area contributed by atoms with E-state index < -0.39 is 30.6 Å². The fourth-order valence-electron chi connectivity index (χ4n) is 0.455. The molecular weight excluding hydrogens is 156 g/mol. The zero-order valence-corrected chi connectivity index (χ0v) is 5.47. The van der Waals surface area contributed by atoms with Gasteiger partial charge in [-0.3, -0.25) is 4.79 Å². The van der Waals surface area contributed by atoms with E-state index in [0.29, 0.717) is 0 Å². The summed E-state index contributed by atoms with van der Waals surface area (Å²) in [5.41, 5.74) is 0. The Balaban J connectivity index is 3.92. The quantitative estimate of drug-likeness (QED) is 0.392. The lowest BCUT2D eigenvalue weighted by Gasteiger charge is -2.10. The molecule has 0 bridgehead atoms. The van der Waals surface area contributed by atoms with E-state index in [1.807, 2.05) is 0 Å². The SMILES string of the molecule is O=C(O)C[C@H](O)[C@H](O)C(=O)O. The molecule has 0 radical (unpaired) electrons. The van der Waals surface area contributed by atoms with Crippen LogP contribution in [0.4, 0.5) is 0 Å². The molecule has 0 aliphatic rings. The van der Waals surface area contributed by atoms with Gasteiger partial charge in [0.2, 0.25) is 0 Å². The number of carboxylic acid groups (broad SMARTS) is 2. The molecule has 0 aromatic heterocycles. The van der Waals surface area contributed by atoms with Crippen molar-refractivity contribution >= 4 is 11.9 Å². The van der Waals surface area contributed by atoms with Crippen LogP contribution < -0.4 is 0 Å². The topological polar surface area (TPSA) is 115 Å². The highest BCUT2D eigenvalue weighted by molar-refractivity contribution is 5.75. The molecule has 11 heavy (non-hydrogen) atoms. The van der Waals surface area contributed by atoms with Gasteiger partial charge in [-0.2, -0.15) is 0 Å². The van der Waals surface area contributed by atoms with Crippen LogP contribution in [0.1, 0.15) is 6.42 Å². The summed E-state index contributed by atoms with van der Waals surface area (Å²) < 4.78 is 0. The lowest BCUT2D eigenvalue weighted by Crippen LogP contribution is -2.35. The maximum atomic E-state index is 9.92. The highest BCUT2D eigenvalue weighted by Crippen LogP contribution is 1.98. The Bertz CT molecular complexity index is 164. The molecule has 4 N–H and O–H groups in total. The van der Waals surface area contributed by atoms with Crippen molar-refractivity contribution in [1.29, 1.82) is 0 Å². The van der Waals surface area contributed by atoms with Gasteiger partial charge in [-0.1, -0.05) is 0 Å². The van der Waals surface area contributed by atoms with Gasteiger partial charge in [0.1, 0.15) is 6.10 Å². The molecule has 2 atom stereocenters. The number of aliphatic carboxylic acids is 2. The molecule has 64 valence electrons. The number of carboxylic acids is 2. The van der Waals surface area contributed by atoms with Gasteiger partial charge in [0.15, 0.2) is 6.10 Å². The summed E-state index contributed by atoms with van der Waals surface area (Å²) in [5.74, 6) is -3.00. The van der Waals surface area contributed by atoms with Crippen molar-refractivity contribution in [3.63, 3.8) is 0 Å². The number of aliphatic hydroxyl groups is 2. The highest BCUT2D eigenvalue weighted by atomic mass is 16.4. The summed E-state index contributed by atoms with van der Waals surface area (Å²) in [6, 6.07) is 0. The Labute approximate surface area is 61.7 Å². The van der Waals surface area contributed by atoms with Crippen LogP contribution in [0.25, 0.3) is 0 Å². The molecule has 0 heterocycles. The summed E-state index contributed by atoms with van der Waals surface area (Å²) in [6.07, 6.45) is -4.58. The molecule has 0 saturated carbocycles. The van der Waals surface area contributed by atoms with Crippen molar-refractivity contribution in [3.05, 3.63) is 0 Å². The predicted molar refractivity (Wildman–Crippen MR) is 31.9 cm³/mol. The Hall–Kier alpha value is -1.14. The van der Waals surface area contributed by atoms with E-state index in [1.54, 1.807) is 0 Å². The Kier molecular flexibility index (Phi) is 3.49. The number of rotatable bonds is 4. The van der Waals surface area contributed by atoms with Gasteiger partial charge in [0.25, 0.3) is 0 Å². The van der Waals surface area contributed by atoms with E-state index in [2.05, 4.69) is 0 Å². The highest BCUT2D eigenvalue weighted by Gasteiger charge is 2.25. The summed E-state index contributed by atoms with van der Waals surface area (Å²) >= 11 is 0. The third-order valence-corrected chi connectivity index (χ3v) is 1.00. The van der Waals surface area contributed by atoms with Gasteiger partial charge in [-0.05, 0) is 0 Å². The average Bonchev–Trinajstić information content (AvgIpc) is 1.84. The first-order chi connectivity index (χ1) is 4.95. The van der Waals surface area contributed by atoms with Crippen LogP contribution in [0.5, 0.6) is 0 Å². The fraction of sp³-hybridized carbons (Fsp3) is 0.600. The Morgan fingerprint density at radius 2 is 1.64 bits per heavy atom. The molecule has 0 aliphatic carbocycles. The smallest absolute Gasteiger partial charge is 0.335 e. The zero-order valence-electron chi connectivity index (χ0n) is 5.47. The number of aliphatic hydroxyl groups excluding tert-OH is 2. The van der Waals surface area contributed by atoms with Gasteiger partial charge in [0.05, 0.1) is 6.42 Å². The molecule has 0 fully saturated rings. The summed E-state index contributed by atoms with van der Waals surface area (Å²) in [7, 11) is 0. The standard InChI is InChI=1S/C5H8O6/c6-2(1-3(7)8)4(9)5(10)11/h2,4,6,9H,1H2,(H,7,8)(H,10,11)/t2-,4-/m0/s1. The van der Waals surface area contributed by atoms with E-state index in [0.717, 1.165) is 0 Å². The second kappa shape index (κ2) is 3.89. The first kappa shape index (κ1) is 9.86. The van der Waals surface area contributed by atoms with Crippen LogP contribution in [-0.4, -0.2) is 44.6 Å². The third kappa shape index (κ3) is 3.54. The Morgan fingerprint density at radius 1 is 1.18 bits per heavy atom. The van der Waals surface area contributed by atoms with Crippen LogP contribution >= 0.6 is 0 Å². The summed E-state index contributed by atoms with van der Waals surface area (Å²) in [6.45, 7) is 0. The summed E-state index contributed by atoms with van der Waals surface area (Å²) in [4.78, 5) is 19.8. The van der Waals surface area contributed by atoms with Gasteiger partial charge in [-0.25, -0.2) is 4.79 Å². The maximum absolute atomic E-state index is 9.92. The molecule has 0 aliphatic heterocycles. The van der Waals surface area contributed by atoms with Crippen LogP contribution in [0.15, 0.2) is 0 Å². The minimum absolute atomic E-state index is 0.784. The molecule has 0 aromatic rings. The van der Waals surface area contributed by atoms with Crippen molar-refractivity contribution in [2.75, 3.05) is 0 Å². The fourth-order valence-corrected chi connectivity index (χ4v) is 0.455.